The van der Waals surface area contributed by atoms with Gasteiger partial charge in [0.25, 0.3) is 0 Å². The predicted molar refractivity (Wildman–Crippen MR) is 55.8 cm³/mol. The monoisotopic (exact) mass is 203 g/mol. The van der Waals surface area contributed by atoms with Crippen molar-refractivity contribution in [2.24, 2.45) is 5.73 Å². The van der Waals surface area contributed by atoms with Gasteiger partial charge in [0.05, 0.1) is 12.7 Å². The number of rotatable bonds is 5. The summed E-state index contributed by atoms with van der Waals surface area (Å²) < 4.78 is 11.0. The fraction of sp³-hybridized carbons (Fsp3) is 0.889. The molecule has 0 saturated carbocycles. The van der Waals surface area contributed by atoms with Crippen LogP contribution in [0.2, 0.25) is 0 Å². The summed E-state index contributed by atoms with van der Waals surface area (Å²) in [5, 5.41) is 0. The maximum absolute atomic E-state index is 5.55. The van der Waals surface area contributed by atoms with Gasteiger partial charge in [0.2, 0.25) is 0 Å². The van der Waals surface area contributed by atoms with Crippen molar-refractivity contribution >= 4 is 17.2 Å². The normalized spacial score (nSPS) is 24.5. The Bertz CT molecular complexity index is 169. The molecule has 0 amide bonds. The molecule has 0 radical (unpaired) electrons. The summed E-state index contributed by atoms with van der Waals surface area (Å²) in [5.74, 6) is 0. The van der Waals surface area contributed by atoms with Crippen molar-refractivity contribution in [2.45, 2.75) is 38.4 Å². The molecule has 1 aliphatic heterocycles. The molecule has 0 aromatic heterocycles. The summed E-state index contributed by atoms with van der Waals surface area (Å²) in [4.78, 5) is 0.445. The average molecular weight is 203 g/mol. The molecule has 1 aliphatic rings. The molecule has 0 aromatic rings. The zero-order valence-electron chi connectivity index (χ0n) is 7.99. The number of hydrogen-bond acceptors (Lipinski definition) is 3. The minimum atomic E-state index is -0.0841. The van der Waals surface area contributed by atoms with Gasteiger partial charge in [-0.25, -0.2) is 0 Å². The zero-order valence-corrected chi connectivity index (χ0v) is 8.81. The number of nitrogens with two attached hydrogens (primary N) is 1. The highest BCUT2D eigenvalue weighted by atomic mass is 32.1. The van der Waals surface area contributed by atoms with Gasteiger partial charge in [0.1, 0.15) is 11.1 Å². The van der Waals surface area contributed by atoms with Crippen molar-refractivity contribution in [1.82, 2.24) is 0 Å². The Morgan fingerprint density at radius 3 is 3.00 bits per heavy atom. The molecule has 76 valence electrons. The first-order chi connectivity index (χ1) is 6.24. The Kier molecular flexibility index (Phi) is 4.62. The van der Waals surface area contributed by atoms with Crippen LogP contribution >= 0.6 is 12.2 Å². The first kappa shape index (κ1) is 10.9. The molecule has 13 heavy (non-hydrogen) atoms. The molecule has 4 heteroatoms. The standard InChI is InChI=1S/C9H17NO2S/c1-2-8(9(10)13)12-6-7-4-3-5-11-7/h7-8H,2-6H2,1H3,(H2,10,13). The van der Waals surface area contributed by atoms with Gasteiger partial charge in [-0.2, -0.15) is 0 Å². The quantitative estimate of drug-likeness (QED) is 0.683. The van der Waals surface area contributed by atoms with Crippen LogP contribution in [0.4, 0.5) is 0 Å². The SMILES string of the molecule is CCC(OCC1CCCO1)C(N)=S. The second-order valence-electron chi connectivity index (χ2n) is 3.27. The van der Waals surface area contributed by atoms with E-state index in [1.165, 1.54) is 0 Å². The molecule has 1 saturated heterocycles. The Morgan fingerprint density at radius 1 is 1.77 bits per heavy atom. The van der Waals surface area contributed by atoms with E-state index < -0.39 is 0 Å². The van der Waals surface area contributed by atoms with Crippen LogP contribution in [-0.2, 0) is 9.47 Å². The van der Waals surface area contributed by atoms with Crippen LogP contribution in [0, 0.1) is 0 Å². The van der Waals surface area contributed by atoms with Crippen molar-refractivity contribution in [3.63, 3.8) is 0 Å². The Balaban J connectivity index is 2.18. The third kappa shape index (κ3) is 3.58. The lowest BCUT2D eigenvalue weighted by Crippen LogP contribution is -2.31. The van der Waals surface area contributed by atoms with E-state index in [0.29, 0.717) is 11.6 Å². The molecule has 0 aromatic carbocycles. The van der Waals surface area contributed by atoms with Crippen LogP contribution in [0.25, 0.3) is 0 Å². The smallest absolute Gasteiger partial charge is 0.107 e. The summed E-state index contributed by atoms with van der Waals surface area (Å²) >= 11 is 4.87. The third-order valence-electron chi connectivity index (χ3n) is 2.20. The van der Waals surface area contributed by atoms with Gasteiger partial charge in [-0.15, -0.1) is 0 Å². The van der Waals surface area contributed by atoms with Crippen LogP contribution in [0.15, 0.2) is 0 Å². The van der Waals surface area contributed by atoms with Gasteiger partial charge in [-0.3, -0.25) is 0 Å². The molecule has 2 atom stereocenters. The average Bonchev–Trinajstić information content (AvgIpc) is 2.57. The summed E-state index contributed by atoms with van der Waals surface area (Å²) in [5.41, 5.74) is 5.50. The lowest BCUT2D eigenvalue weighted by Gasteiger charge is -2.17. The molecule has 1 rings (SSSR count). The van der Waals surface area contributed by atoms with Crippen LogP contribution in [0.1, 0.15) is 26.2 Å². The Morgan fingerprint density at radius 2 is 2.54 bits per heavy atom. The fourth-order valence-electron chi connectivity index (χ4n) is 1.40. The molecular weight excluding hydrogens is 186 g/mol. The number of ether oxygens (including phenoxy) is 2. The van der Waals surface area contributed by atoms with E-state index in [-0.39, 0.29) is 12.2 Å². The second-order valence-corrected chi connectivity index (χ2v) is 3.74. The van der Waals surface area contributed by atoms with E-state index in [1.807, 2.05) is 6.92 Å². The van der Waals surface area contributed by atoms with Gasteiger partial charge in [0.15, 0.2) is 0 Å². The lowest BCUT2D eigenvalue weighted by molar-refractivity contribution is 0.00103. The fourth-order valence-corrected chi connectivity index (χ4v) is 1.64. The number of hydrogen-bond donors (Lipinski definition) is 1. The van der Waals surface area contributed by atoms with E-state index in [9.17, 15) is 0 Å². The van der Waals surface area contributed by atoms with Gasteiger partial charge in [-0.1, -0.05) is 19.1 Å². The van der Waals surface area contributed by atoms with Crippen LogP contribution in [-0.4, -0.2) is 30.4 Å². The first-order valence-electron chi connectivity index (χ1n) is 4.76. The van der Waals surface area contributed by atoms with Crippen LogP contribution in [0.3, 0.4) is 0 Å². The Hall–Kier alpha value is -0.190. The maximum Gasteiger partial charge on any atom is 0.107 e. The van der Waals surface area contributed by atoms with Gasteiger partial charge < -0.3 is 15.2 Å². The van der Waals surface area contributed by atoms with Crippen molar-refractivity contribution in [3.05, 3.63) is 0 Å². The predicted octanol–water partition coefficient (Wildman–Crippen LogP) is 1.25. The summed E-state index contributed by atoms with van der Waals surface area (Å²) in [7, 11) is 0. The van der Waals surface area contributed by atoms with Crippen LogP contribution < -0.4 is 5.73 Å². The van der Waals surface area contributed by atoms with Crippen molar-refractivity contribution in [3.8, 4) is 0 Å². The Labute approximate surface area is 84.6 Å². The van der Waals surface area contributed by atoms with Gasteiger partial charge in [-0.05, 0) is 19.3 Å². The van der Waals surface area contributed by atoms with Gasteiger partial charge in [0, 0.05) is 6.61 Å². The van der Waals surface area contributed by atoms with Gasteiger partial charge >= 0.3 is 0 Å². The van der Waals surface area contributed by atoms with E-state index >= 15 is 0 Å². The van der Waals surface area contributed by atoms with Crippen molar-refractivity contribution in [1.29, 1.82) is 0 Å². The minimum Gasteiger partial charge on any atom is -0.391 e. The molecule has 2 N–H and O–H groups in total. The molecule has 0 bridgehead atoms. The molecule has 1 heterocycles. The molecule has 0 aliphatic carbocycles. The van der Waals surface area contributed by atoms with E-state index in [4.69, 9.17) is 27.4 Å². The highest BCUT2D eigenvalue weighted by Gasteiger charge is 2.18. The zero-order chi connectivity index (χ0) is 9.68. The second kappa shape index (κ2) is 5.52. The highest BCUT2D eigenvalue weighted by molar-refractivity contribution is 7.80. The van der Waals surface area contributed by atoms with Crippen LogP contribution in [0.5, 0.6) is 0 Å². The molecular formula is C9H17NO2S. The first-order valence-corrected chi connectivity index (χ1v) is 5.17. The van der Waals surface area contributed by atoms with E-state index in [1.54, 1.807) is 0 Å². The minimum absolute atomic E-state index is 0.0841. The lowest BCUT2D eigenvalue weighted by atomic mass is 10.2. The maximum atomic E-state index is 5.55. The van der Waals surface area contributed by atoms with Crippen molar-refractivity contribution < 1.29 is 9.47 Å². The molecule has 0 spiro atoms. The molecule has 2 unspecified atom stereocenters. The summed E-state index contributed by atoms with van der Waals surface area (Å²) in [6.07, 6.45) is 3.23. The number of thiocarbonyl (C=S) groups is 1. The topological polar surface area (TPSA) is 44.5 Å². The van der Waals surface area contributed by atoms with E-state index in [2.05, 4.69) is 0 Å². The molecule has 3 nitrogen and oxygen atoms in total. The highest BCUT2D eigenvalue weighted by Crippen LogP contribution is 2.13. The van der Waals surface area contributed by atoms with Crippen molar-refractivity contribution in [2.75, 3.05) is 13.2 Å². The summed E-state index contributed by atoms with van der Waals surface area (Å²) in [6, 6.07) is 0. The largest absolute Gasteiger partial charge is 0.391 e. The van der Waals surface area contributed by atoms with E-state index in [0.717, 1.165) is 25.9 Å². The molecule has 1 fully saturated rings. The third-order valence-corrected chi connectivity index (χ3v) is 2.46. The summed E-state index contributed by atoms with van der Waals surface area (Å²) in [6.45, 7) is 3.49.